The van der Waals surface area contributed by atoms with Crippen LogP contribution in [0.4, 0.5) is 11.4 Å². The lowest BCUT2D eigenvalue weighted by Gasteiger charge is -2.31. The Balaban J connectivity index is 1.74. The summed E-state index contributed by atoms with van der Waals surface area (Å²) in [6, 6.07) is 26.7. The van der Waals surface area contributed by atoms with E-state index >= 15 is 0 Å². The van der Waals surface area contributed by atoms with Crippen LogP contribution in [-0.4, -0.2) is 23.1 Å². The van der Waals surface area contributed by atoms with E-state index in [2.05, 4.69) is 36.1 Å². The third-order valence-corrected chi connectivity index (χ3v) is 5.89. The van der Waals surface area contributed by atoms with Crippen molar-refractivity contribution in [2.75, 3.05) is 18.0 Å². The second kappa shape index (κ2) is 10.2. The van der Waals surface area contributed by atoms with E-state index in [-0.39, 0.29) is 10.6 Å². The number of aliphatic hydroxyl groups is 1. The number of non-ortho nitro benzene ring substituents is 1. The Hall–Kier alpha value is -3.18. The summed E-state index contributed by atoms with van der Waals surface area (Å²) in [5, 5.41) is 22.1. The highest BCUT2D eigenvalue weighted by atomic mass is 16.6. The van der Waals surface area contributed by atoms with Gasteiger partial charge in [-0.05, 0) is 48.9 Å². The summed E-state index contributed by atoms with van der Waals surface area (Å²) in [5.41, 5.74) is 2.23. The molecule has 2 unspecified atom stereocenters. The van der Waals surface area contributed by atoms with E-state index in [1.165, 1.54) is 17.7 Å². The van der Waals surface area contributed by atoms with Gasteiger partial charge in [0.1, 0.15) is 0 Å². The Morgan fingerprint density at radius 1 is 0.935 bits per heavy atom. The Morgan fingerprint density at radius 2 is 1.52 bits per heavy atom. The number of nitrogens with zero attached hydrogens (tertiary/aromatic N) is 2. The van der Waals surface area contributed by atoms with Gasteiger partial charge in [0.25, 0.3) is 5.69 Å². The molecule has 0 bridgehead atoms. The lowest BCUT2D eigenvalue weighted by Crippen LogP contribution is -2.32. The van der Waals surface area contributed by atoms with Gasteiger partial charge < -0.3 is 10.0 Å². The van der Waals surface area contributed by atoms with Gasteiger partial charge >= 0.3 is 0 Å². The van der Waals surface area contributed by atoms with Crippen LogP contribution in [0.1, 0.15) is 43.7 Å². The number of benzene rings is 3. The number of nitro groups is 1. The van der Waals surface area contributed by atoms with Crippen molar-refractivity contribution in [2.24, 2.45) is 0 Å². The molecule has 5 heteroatoms. The monoisotopic (exact) mass is 418 g/mol. The van der Waals surface area contributed by atoms with Crippen molar-refractivity contribution >= 4 is 11.4 Å². The van der Waals surface area contributed by atoms with E-state index in [0.29, 0.717) is 18.9 Å². The van der Waals surface area contributed by atoms with Gasteiger partial charge in [0.05, 0.1) is 10.5 Å². The second-order valence-corrected chi connectivity index (χ2v) is 8.25. The summed E-state index contributed by atoms with van der Waals surface area (Å²) in [5.74, 6) is 0.386. The lowest BCUT2D eigenvalue weighted by atomic mass is 9.92. The van der Waals surface area contributed by atoms with E-state index in [4.69, 9.17) is 0 Å². The van der Waals surface area contributed by atoms with Crippen LogP contribution in [-0.2, 0) is 5.60 Å². The van der Waals surface area contributed by atoms with Crippen LogP contribution in [0.2, 0.25) is 0 Å². The summed E-state index contributed by atoms with van der Waals surface area (Å²) in [6.45, 7) is 5.48. The van der Waals surface area contributed by atoms with Gasteiger partial charge in [0.2, 0.25) is 0 Å². The SMILES string of the molecule is CC(CCN(CCC(C)(O)c1ccccc1)c1ccc([N+](=O)[O-])cc1)c1ccccc1. The minimum atomic E-state index is -0.953. The van der Waals surface area contributed by atoms with Crippen molar-refractivity contribution in [3.63, 3.8) is 0 Å². The Morgan fingerprint density at radius 3 is 2.10 bits per heavy atom. The molecule has 3 aromatic carbocycles. The average molecular weight is 419 g/mol. The molecule has 0 spiro atoms. The smallest absolute Gasteiger partial charge is 0.269 e. The first-order valence-corrected chi connectivity index (χ1v) is 10.7. The number of rotatable bonds is 10. The number of hydrogen-bond donors (Lipinski definition) is 1. The zero-order valence-electron chi connectivity index (χ0n) is 18.1. The fourth-order valence-electron chi connectivity index (χ4n) is 3.75. The van der Waals surface area contributed by atoms with Gasteiger partial charge in [-0.2, -0.15) is 0 Å². The molecule has 0 fully saturated rings. The fraction of sp³-hybridized carbons (Fsp3) is 0.308. The molecule has 3 aromatic rings. The van der Waals surface area contributed by atoms with Crippen LogP contribution < -0.4 is 4.90 Å². The molecule has 2 atom stereocenters. The zero-order valence-corrected chi connectivity index (χ0v) is 18.1. The van der Waals surface area contributed by atoms with Gasteiger partial charge in [-0.1, -0.05) is 67.6 Å². The molecule has 0 aliphatic carbocycles. The highest BCUT2D eigenvalue weighted by molar-refractivity contribution is 5.51. The molecule has 5 nitrogen and oxygen atoms in total. The molecular formula is C26H30N2O3. The third kappa shape index (κ3) is 6.15. The van der Waals surface area contributed by atoms with Crippen LogP contribution in [0.3, 0.4) is 0 Å². The van der Waals surface area contributed by atoms with Crippen molar-refractivity contribution in [2.45, 2.75) is 38.2 Å². The van der Waals surface area contributed by atoms with Crippen LogP contribution in [0, 0.1) is 10.1 Å². The van der Waals surface area contributed by atoms with Gasteiger partial charge in [0.15, 0.2) is 0 Å². The quantitative estimate of drug-likeness (QED) is 0.329. The molecule has 0 aliphatic rings. The Labute approximate surface area is 184 Å². The second-order valence-electron chi connectivity index (χ2n) is 8.25. The van der Waals surface area contributed by atoms with Crippen molar-refractivity contribution in [1.29, 1.82) is 0 Å². The molecule has 1 N–H and O–H groups in total. The van der Waals surface area contributed by atoms with Crippen LogP contribution in [0.15, 0.2) is 84.9 Å². The van der Waals surface area contributed by atoms with Gasteiger partial charge in [-0.15, -0.1) is 0 Å². The third-order valence-electron chi connectivity index (χ3n) is 5.89. The van der Waals surface area contributed by atoms with E-state index < -0.39 is 5.60 Å². The maximum absolute atomic E-state index is 11.0. The van der Waals surface area contributed by atoms with Crippen LogP contribution in [0.25, 0.3) is 0 Å². The Bertz CT molecular complexity index is 957. The first kappa shape index (κ1) is 22.5. The molecule has 0 radical (unpaired) electrons. The van der Waals surface area contributed by atoms with Crippen molar-refractivity contribution in [3.05, 3.63) is 106 Å². The maximum atomic E-state index is 11.0. The predicted octanol–water partition coefficient (Wildman–Crippen LogP) is 5.89. The minimum absolute atomic E-state index is 0.0811. The zero-order chi connectivity index (χ0) is 22.3. The summed E-state index contributed by atoms with van der Waals surface area (Å²) in [4.78, 5) is 12.9. The molecule has 0 amide bonds. The summed E-state index contributed by atoms with van der Waals surface area (Å²) >= 11 is 0. The molecule has 0 aromatic heterocycles. The number of anilines is 1. The molecule has 3 rings (SSSR count). The van der Waals surface area contributed by atoms with Gasteiger partial charge in [-0.25, -0.2) is 0 Å². The summed E-state index contributed by atoms with van der Waals surface area (Å²) < 4.78 is 0. The molecule has 0 saturated heterocycles. The molecule has 162 valence electrons. The summed E-state index contributed by atoms with van der Waals surface area (Å²) in [6.07, 6.45) is 1.49. The average Bonchev–Trinajstić information content (AvgIpc) is 2.80. The first-order chi connectivity index (χ1) is 14.9. The fourth-order valence-corrected chi connectivity index (χ4v) is 3.75. The van der Waals surface area contributed by atoms with Crippen molar-refractivity contribution < 1.29 is 10.0 Å². The first-order valence-electron chi connectivity index (χ1n) is 10.7. The normalized spacial score (nSPS) is 13.9. The van der Waals surface area contributed by atoms with Gasteiger partial charge in [0, 0.05) is 30.9 Å². The summed E-state index contributed by atoms with van der Waals surface area (Å²) in [7, 11) is 0. The van der Waals surface area contributed by atoms with E-state index in [0.717, 1.165) is 24.2 Å². The van der Waals surface area contributed by atoms with E-state index in [1.807, 2.05) is 43.3 Å². The Kier molecular flexibility index (Phi) is 7.42. The predicted molar refractivity (Wildman–Crippen MR) is 125 cm³/mol. The molecule has 0 saturated carbocycles. The molecule has 31 heavy (non-hydrogen) atoms. The minimum Gasteiger partial charge on any atom is -0.385 e. The van der Waals surface area contributed by atoms with E-state index in [1.54, 1.807) is 12.1 Å². The molecule has 0 aliphatic heterocycles. The standard InChI is InChI=1S/C26H30N2O3/c1-21(22-9-5-3-6-10-22)17-19-27(24-13-15-25(16-14-24)28(30)31)20-18-26(2,29)23-11-7-4-8-12-23/h3-16,21,29H,17-20H2,1-2H3. The number of nitro benzene ring substituents is 1. The largest absolute Gasteiger partial charge is 0.385 e. The van der Waals surface area contributed by atoms with Crippen LogP contribution >= 0.6 is 0 Å². The topological polar surface area (TPSA) is 66.6 Å². The molecule has 0 heterocycles. The highest BCUT2D eigenvalue weighted by Crippen LogP contribution is 2.28. The maximum Gasteiger partial charge on any atom is 0.269 e. The lowest BCUT2D eigenvalue weighted by molar-refractivity contribution is -0.384. The van der Waals surface area contributed by atoms with Crippen molar-refractivity contribution in [3.8, 4) is 0 Å². The van der Waals surface area contributed by atoms with Crippen LogP contribution in [0.5, 0.6) is 0 Å². The van der Waals surface area contributed by atoms with E-state index in [9.17, 15) is 15.2 Å². The van der Waals surface area contributed by atoms with Crippen molar-refractivity contribution in [1.82, 2.24) is 0 Å². The molecular weight excluding hydrogens is 388 g/mol. The highest BCUT2D eigenvalue weighted by Gasteiger charge is 2.24. The number of hydrogen-bond acceptors (Lipinski definition) is 4. The van der Waals surface area contributed by atoms with Gasteiger partial charge in [-0.3, -0.25) is 10.1 Å².